The Hall–Kier alpha value is -2.41. The molecule has 108 valence electrons. The predicted molar refractivity (Wildman–Crippen MR) is 80.0 cm³/mol. The van der Waals surface area contributed by atoms with Gasteiger partial charge in [-0.2, -0.15) is 4.98 Å². The Bertz CT molecular complexity index is 738. The van der Waals surface area contributed by atoms with Crippen molar-refractivity contribution in [3.05, 3.63) is 41.2 Å². The third-order valence-corrected chi connectivity index (χ3v) is 3.69. The maximum absolute atomic E-state index is 9.45. The van der Waals surface area contributed by atoms with Gasteiger partial charge in [0.15, 0.2) is 5.13 Å². The summed E-state index contributed by atoms with van der Waals surface area (Å²) in [7, 11) is 0. The summed E-state index contributed by atoms with van der Waals surface area (Å²) in [5, 5.41) is 15.9. The van der Waals surface area contributed by atoms with E-state index in [4.69, 9.17) is 10.3 Å². The first-order chi connectivity index (χ1) is 10.2. The minimum Gasteiger partial charge on any atom is -0.508 e. The molecule has 0 saturated heterocycles. The monoisotopic (exact) mass is 302 g/mol. The Kier molecular flexibility index (Phi) is 3.83. The van der Waals surface area contributed by atoms with E-state index in [1.807, 2.05) is 11.4 Å². The van der Waals surface area contributed by atoms with Crippen LogP contribution >= 0.6 is 11.3 Å². The standard InChI is InChI=1S/C14H14N4O2S/c15-14-16-10(8-21-14)4-2-6-12-17-13(18-20-12)9-3-1-5-11(19)7-9/h1,3,5,7-8,19H,2,4,6H2,(H2,15,16). The first kappa shape index (κ1) is 13.6. The van der Waals surface area contributed by atoms with Crippen molar-refractivity contribution in [2.75, 3.05) is 5.73 Å². The van der Waals surface area contributed by atoms with E-state index in [1.54, 1.807) is 18.2 Å². The van der Waals surface area contributed by atoms with Crippen LogP contribution in [0, 0.1) is 0 Å². The number of thiazole rings is 1. The van der Waals surface area contributed by atoms with Gasteiger partial charge in [-0.3, -0.25) is 0 Å². The van der Waals surface area contributed by atoms with Crippen molar-refractivity contribution >= 4 is 16.5 Å². The minimum atomic E-state index is 0.181. The Morgan fingerprint density at radius 2 is 2.14 bits per heavy atom. The third-order valence-electron chi connectivity index (χ3n) is 2.97. The smallest absolute Gasteiger partial charge is 0.226 e. The zero-order chi connectivity index (χ0) is 14.7. The van der Waals surface area contributed by atoms with Crippen molar-refractivity contribution < 1.29 is 9.63 Å². The number of benzene rings is 1. The van der Waals surface area contributed by atoms with Crippen LogP contribution < -0.4 is 5.73 Å². The Morgan fingerprint density at radius 3 is 2.90 bits per heavy atom. The van der Waals surface area contributed by atoms with Gasteiger partial charge in [0.25, 0.3) is 0 Å². The number of aromatic nitrogens is 3. The molecule has 0 bridgehead atoms. The second-order valence-corrected chi connectivity index (χ2v) is 5.48. The molecule has 0 aliphatic heterocycles. The van der Waals surface area contributed by atoms with Gasteiger partial charge < -0.3 is 15.4 Å². The molecule has 0 aliphatic carbocycles. The van der Waals surface area contributed by atoms with E-state index in [0.717, 1.165) is 24.1 Å². The second kappa shape index (κ2) is 5.92. The summed E-state index contributed by atoms with van der Waals surface area (Å²) in [6, 6.07) is 6.77. The highest BCUT2D eigenvalue weighted by atomic mass is 32.1. The van der Waals surface area contributed by atoms with Gasteiger partial charge in [-0.15, -0.1) is 11.3 Å². The minimum absolute atomic E-state index is 0.181. The van der Waals surface area contributed by atoms with Gasteiger partial charge in [0.2, 0.25) is 11.7 Å². The lowest BCUT2D eigenvalue weighted by Crippen LogP contribution is -1.92. The Labute approximate surface area is 125 Å². The molecule has 0 atom stereocenters. The lowest BCUT2D eigenvalue weighted by molar-refractivity contribution is 0.376. The van der Waals surface area contributed by atoms with Crippen molar-refractivity contribution in [3.8, 4) is 17.1 Å². The number of hydrogen-bond acceptors (Lipinski definition) is 7. The molecule has 0 radical (unpaired) electrons. The number of aromatic hydroxyl groups is 1. The summed E-state index contributed by atoms with van der Waals surface area (Å²) >= 11 is 1.44. The highest BCUT2D eigenvalue weighted by Gasteiger charge is 2.09. The molecular formula is C14H14N4O2S. The molecule has 0 spiro atoms. The first-order valence-electron chi connectivity index (χ1n) is 6.52. The molecule has 0 aliphatic rings. The normalized spacial score (nSPS) is 10.9. The fourth-order valence-corrected chi connectivity index (χ4v) is 2.57. The number of nitrogens with two attached hydrogens (primary N) is 1. The van der Waals surface area contributed by atoms with Crippen molar-refractivity contribution in [2.24, 2.45) is 0 Å². The third kappa shape index (κ3) is 3.38. The molecule has 6 nitrogen and oxygen atoms in total. The van der Waals surface area contributed by atoms with E-state index in [9.17, 15) is 5.11 Å². The number of phenols is 1. The maximum Gasteiger partial charge on any atom is 0.226 e. The molecule has 0 unspecified atom stereocenters. The van der Waals surface area contributed by atoms with Crippen LogP contribution in [0.2, 0.25) is 0 Å². The molecule has 0 saturated carbocycles. The SMILES string of the molecule is Nc1nc(CCCc2nc(-c3cccc(O)c3)no2)cs1. The summed E-state index contributed by atoms with van der Waals surface area (Å²) < 4.78 is 5.22. The van der Waals surface area contributed by atoms with Crippen LogP contribution in [-0.2, 0) is 12.8 Å². The molecule has 3 rings (SSSR count). The Morgan fingerprint density at radius 1 is 1.24 bits per heavy atom. The van der Waals surface area contributed by atoms with Crippen LogP contribution in [0.15, 0.2) is 34.2 Å². The molecule has 0 amide bonds. The van der Waals surface area contributed by atoms with Gasteiger partial charge in [-0.05, 0) is 25.0 Å². The molecule has 1 aromatic carbocycles. The molecule has 2 heterocycles. The van der Waals surface area contributed by atoms with Gasteiger partial charge in [0.05, 0.1) is 5.69 Å². The first-order valence-corrected chi connectivity index (χ1v) is 7.40. The van der Waals surface area contributed by atoms with Crippen molar-refractivity contribution in [1.82, 2.24) is 15.1 Å². The molecule has 2 aromatic heterocycles. The summed E-state index contributed by atoms with van der Waals surface area (Å²) in [5.41, 5.74) is 7.31. The number of phenolic OH excluding ortho intramolecular Hbond substituents is 1. The van der Waals surface area contributed by atoms with Gasteiger partial charge >= 0.3 is 0 Å². The highest BCUT2D eigenvalue weighted by Crippen LogP contribution is 2.21. The summed E-state index contributed by atoms with van der Waals surface area (Å²) in [6.07, 6.45) is 2.38. The zero-order valence-electron chi connectivity index (χ0n) is 11.2. The average Bonchev–Trinajstić information content (AvgIpc) is 3.08. The maximum atomic E-state index is 9.45. The van der Waals surface area contributed by atoms with Crippen molar-refractivity contribution in [2.45, 2.75) is 19.3 Å². The van der Waals surface area contributed by atoms with E-state index in [1.165, 1.54) is 11.3 Å². The zero-order valence-corrected chi connectivity index (χ0v) is 12.0. The number of hydrogen-bond donors (Lipinski definition) is 2. The number of nitrogen functional groups attached to an aromatic ring is 1. The van der Waals surface area contributed by atoms with Crippen LogP contribution in [0.3, 0.4) is 0 Å². The fourth-order valence-electron chi connectivity index (χ4n) is 1.98. The summed E-state index contributed by atoms with van der Waals surface area (Å²) in [5.74, 6) is 1.25. The highest BCUT2D eigenvalue weighted by molar-refractivity contribution is 7.13. The number of anilines is 1. The molecule has 3 N–H and O–H groups in total. The topological polar surface area (TPSA) is 98.1 Å². The largest absolute Gasteiger partial charge is 0.508 e. The quantitative estimate of drug-likeness (QED) is 0.752. The average molecular weight is 302 g/mol. The Balaban J connectivity index is 1.60. The van der Waals surface area contributed by atoms with Crippen LogP contribution in [0.4, 0.5) is 5.13 Å². The van der Waals surface area contributed by atoms with Gasteiger partial charge in [-0.25, -0.2) is 4.98 Å². The van der Waals surface area contributed by atoms with E-state index in [2.05, 4.69) is 15.1 Å². The molecule has 0 fully saturated rings. The second-order valence-electron chi connectivity index (χ2n) is 4.59. The van der Waals surface area contributed by atoms with E-state index >= 15 is 0 Å². The lowest BCUT2D eigenvalue weighted by Gasteiger charge is -1.95. The van der Waals surface area contributed by atoms with Gasteiger partial charge in [0, 0.05) is 17.4 Å². The lowest BCUT2D eigenvalue weighted by atomic mass is 10.2. The number of nitrogens with zero attached hydrogens (tertiary/aromatic N) is 3. The van der Waals surface area contributed by atoms with Crippen LogP contribution in [0.25, 0.3) is 11.4 Å². The summed E-state index contributed by atoms with van der Waals surface area (Å²) in [6.45, 7) is 0. The van der Waals surface area contributed by atoms with Gasteiger partial charge in [0.1, 0.15) is 5.75 Å². The van der Waals surface area contributed by atoms with Crippen LogP contribution in [0.1, 0.15) is 18.0 Å². The molecule has 21 heavy (non-hydrogen) atoms. The fraction of sp³-hybridized carbons (Fsp3) is 0.214. The molecular weight excluding hydrogens is 288 g/mol. The van der Waals surface area contributed by atoms with Crippen molar-refractivity contribution in [3.63, 3.8) is 0 Å². The molecule has 3 aromatic rings. The van der Waals surface area contributed by atoms with E-state index in [0.29, 0.717) is 23.3 Å². The molecule has 7 heteroatoms. The van der Waals surface area contributed by atoms with E-state index < -0.39 is 0 Å². The van der Waals surface area contributed by atoms with Gasteiger partial charge in [-0.1, -0.05) is 17.3 Å². The van der Waals surface area contributed by atoms with Crippen LogP contribution in [0.5, 0.6) is 5.75 Å². The van der Waals surface area contributed by atoms with E-state index in [-0.39, 0.29) is 5.75 Å². The van der Waals surface area contributed by atoms with Crippen LogP contribution in [-0.4, -0.2) is 20.2 Å². The number of rotatable bonds is 5. The van der Waals surface area contributed by atoms with Crippen molar-refractivity contribution in [1.29, 1.82) is 0 Å². The predicted octanol–water partition coefficient (Wildman–Crippen LogP) is 2.66. The summed E-state index contributed by atoms with van der Waals surface area (Å²) in [4.78, 5) is 8.53. The number of aryl methyl sites for hydroxylation is 2.